The fourth-order valence-corrected chi connectivity index (χ4v) is 1.77. The Morgan fingerprint density at radius 1 is 1.32 bits per heavy atom. The number of carbonyl (C=O) groups excluding carboxylic acids is 1. The van der Waals surface area contributed by atoms with E-state index in [-0.39, 0.29) is 16.8 Å². The van der Waals surface area contributed by atoms with Gasteiger partial charge in [-0.25, -0.2) is 4.79 Å². The average molecular weight is 343 g/mol. The molecule has 0 radical (unpaired) electrons. The summed E-state index contributed by atoms with van der Waals surface area (Å²) in [4.78, 5) is 11.4. The van der Waals surface area contributed by atoms with E-state index in [0.717, 1.165) is 13.2 Å². The molecule has 0 fully saturated rings. The van der Waals surface area contributed by atoms with Gasteiger partial charge in [0, 0.05) is 11.6 Å². The largest absolute Gasteiger partial charge is 0.467 e. The second-order valence-corrected chi connectivity index (χ2v) is 4.22. The molecule has 0 bridgehead atoms. The first kappa shape index (κ1) is 15.8. The van der Waals surface area contributed by atoms with Crippen molar-refractivity contribution in [3.05, 3.63) is 27.7 Å². The van der Waals surface area contributed by atoms with Gasteiger partial charge in [-0.1, -0.05) is 0 Å². The van der Waals surface area contributed by atoms with Crippen LogP contribution in [-0.2, 0) is 15.7 Å². The zero-order chi connectivity index (χ0) is 14.6. The molecule has 0 heterocycles. The maximum Gasteiger partial charge on any atom is 0.419 e. The summed E-state index contributed by atoms with van der Waals surface area (Å²) in [6.07, 6.45) is -4.66. The van der Waals surface area contributed by atoms with Crippen LogP contribution in [0.4, 0.5) is 13.2 Å². The van der Waals surface area contributed by atoms with Crippen molar-refractivity contribution in [2.75, 3.05) is 21.0 Å². The zero-order valence-corrected chi connectivity index (χ0v) is 11.6. The molecule has 0 saturated carbocycles. The summed E-state index contributed by atoms with van der Waals surface area (Å²) in [6, 6.07) is 1.72. The molecule has 8 heteroatoms. The summed E-state index contributed by atoms with van der Waals surface area (Å²) in [6.45, 7) is -0.340. The summed E-state index contributed by atoms with van der Waals surface area (Å²) >= 11 is 2.99. The van der Waals surface area contributed by atoms with Crippen LogP contribution < -0.4 is 4.74 Å². The smallest absolute Gasteiger partial charge is 0.419 e. The number of esters is 1. The van der Waals surface area contributed by atoms with Crippen molar-refractivity contribution in [3.63, 3.8) is 0 Å². The van der Waals surface area contributed by atoms with Crippen LogP contribution in [0, 0.1) is 0 Å². The molecule has 0 amide bonds. The van der Waals surface area contributed by atoms with Crippen LogP contribution in [0.1, 0.15) is 15.9 Å². The van der Waals surface area contributed by atoms with Gasteiger partial charge >= 0.3 is 12.1 Å². The highest BCUT2D eigenvalue weighted by atomic mass is 79.9. The molecule has 19 heavy (non-hydrogen) atoms. The fraction of sp³-hybridized carbons (Fsp3) is 0.364. The normalized spacial score (nSPS) is 11.3. The number of carbonyl (C=O) groups is 1. The molecule has 0 N–H and O–H groups in total. The first-order chi connectivity index (χ1) is 8.81. The van der Waals surface area contributed by atoms with Gasteiger partial charge < -0.3 is 14.2 Å². The van der Waals surface area contributed by atoms with Crippen LogP contribution in [0.3, 0.4) is 0 Å². The predicted molar refractivity (Wildman–Crippen MR) is 63.0 cm³/mol. The van der Waals surface area contributed by atoms with Crippen molar-refractivity contribution in [3.8, 4) is 5.75 Å². The number of rotatable bonds is 4. The summed E-state index contributed by atoms with van der Waals surface area (Å²) in [5.74, 6) is -1.32. The number of halogens is 4. The van der Waals surface area contributed by atoms with Crippen molar-refractivity contribution in [2.24, 2.45) is 0 Å². The number of ether oxygens (including phenoxy) is 3. The van der Waals surface area contributed by atoms with E-state index in [1.165, 1.54) is 7.11 Å². The number of hydrogen-bond acceptors (Lipinski definition) is 4. The van der Waals surface area contributed by atoms with Crippen molar-refractivity contribution in [1.82, 2.24) is 0 Å². The molecule has 1 rings (SSSR count). The van der Waals surface area contributed by atoms with Gasteiger partial charge in [-0.15, -0.1) is 0 Å². The van der Waals surface area contributed by atoms with E-state index in [9.17, 15) is 18.0 Å². The Kier molecular flexibility index (Phi) is 5.19. The Hall–Kier alpha value is -1.28. The van der Waals surface area contributed by atoms with Crippen molar-refractivity contribution < 1.29 is 32.2 Å². The summed E-state index contributed by atoms with van der Waals surface area (Å²) < 4.78 is 52.5. The molecular weight excluding hydrogens is 333 g/mol. The highest BCUT2D eigenvalue weighted by molar-refractivity contribution is 9.10. The predicted octanol–water partition coefficient (Wildman–Crippen LogP) is 3.24. The lowest BCUT2D eigenvalue weighted by molar-refractivity contribution is -0.139. The van der Waals surface area contributed by atoms with Gasteiger partial charge in [-0.05, 0) is 28.1 Å². The molecule has 0 saturated heterocycles. The minimum Gasteiger partial charge on any atom is -0.467 e. The first-order valence-corrected chi connectivity index (χ1v) is 5.71. The summed E-state index contributed by atoms with van der Waals surface area (Å²) in [5, 5.41) is 0. The van der Waals surface area contributed by atoms with Crippen molar-refractivity contribution in [2.45, 2.75) is 6.18 Å². The number of methoxy groups -OCH3 is 2. The third kappa shape index (κ3) is 3.84. The van der Waals surface area contributed by atoms with Crippen LogP contribution in [0.25, 0.3) is 0 Å². The minimum absolute atomic E-state index is 0.137. The van der Waals surface area contributed by atoms with E-state index < -0.39 is 23.5 Å². The molecule has 0 aromatic heterocycles. The molecule has 1 aromatic rings. The molecular formula is C11H10BrF3O4. The van der Waals surface area contributed by atoms with Crippen LogP contribution in [-0.4, -0.2) is 27.0 Å². The molecule has 106 valence electrons. The van der Waals surface area contributed by atoms with Crippen molar-refractivity contribution >= 4 is 21.9 Å². The van der Waals surface area contributed by atoms with E-state index in [4.69, 9.17) is 4.74 Å². The first-order valence-electron chi connectivity index (χ1n) is 4.92. The average Bonchev–Trinajstić information content (AvgIpc) is 2.33. The van der Waals surface area contributed by atoms with Gasteiger partial charge in [0.25, 0.3) is 0 Å². The summed E-state index contributed by atoms with van der Waals surface area (Å²) in [7, 11) is 2.36. The Balaban J connectivity index is 3.33. The zero-order valence-electron chi connectivity index (χ0n) is 10.0. The lowest BCUT2D eigenvalue weighted by Crippen LogP contribution is -2.13. The van der Waals surface area contributed by atoms with E-state index >= 15 is 0 Å². The van der Waals surface area contributed by atoms with Gasteiger partial charge in [-0.2, -0.15) is 13.2 Å². The van der Waals surface area contributed by atoms with Crippen LogP contribution in [0.5, 0.6) is 5.75 Å². The monoisotopic (exact) mass is 342 g/mol. The maximum absolute atomic E-state index is 12.9. The Morgan fingerprint density at radius 3 is 2.42 bits per heavy atom. The van der Waals surface area contributed by atoms with Gasteiger partial charge in [0.15, 0.2) is 6.79 Å². The van der Waals surface area contributed by atoms with Gasteiger partial charge in [0.05, 0.1) is 18.2 Å². The standard InChI is InChI=1S/C11H10BrF3O4/c1-17-5-19-9-4-8(12)6(10(16)18-2)3-7(9)11(13,14)15/h3-4H,5H2,1-2H3. The molecule has 1 aromatic carbocycles. The molecule has 4 nitrogen and oxygen atoms in total. The molecule has 0 spiro atoms. The SMILES string of the molecule is COCOc1cc(Br)c(C(=O)OC)cc1C(F)(F)F. The second-order valence-electron chi connectivity index (χ2n) is 3.37. The highest BCUT2D eigenvalue weighted by Gasteiger charge is 2.36. The quantitative estimate of drug-likeness (QED) is 0.622. The molecule has 0 aliphatic carbocycles. The lowest BCUT2D eigenvalue weighted by atomic mass is 10.1. The van der Waals surface area contributed by atoms with E-state index in [2.05, 4.69) is 25.4 Å². The second kappa shape index (κ2) is 6.25. The lowest BCUT2D eigenvalue weighted by Gasteiger charge is -2.15. The molecule has 0 aliphatic rings. The fourth-order valence-electron chi connectivity index (χ4n) is 1.28. The maximum atomic E-state index is 12.9. The van der Waals surface area contributed by atoms with Crippen LogP contribution in [0.15, 0.2) is 16.6 Å². The van der Waals surface area contributed by atoms with Crippen LogP contribution >= 0.6 is 15.9 Å². The van der Waals surface area contributed by atoms with E-state index in [1.807, 2.05) is 0 Å². The van der Waals surface area contributed by atoms with Crippen molar-refractivity contribution in [1.29, 1.82) is 0 Å². The van der Waals surface area contributed by atoms with E-state index in [1.54, 1.807) is 0 Å². The molecule has 0 aliphatic heterocycles. The van der Waals surface area contributed by atoms with Gasteiger partial charge in [0.2, 0.25) is 0 Å². The number of hydrogen-bond donors (Lipinski definition) is 0. The number of alkyl halides is 3. The topological polar surface area (TPSA) is 44.8 Å². The summed E-state index contributed by atoms with van der Waals surface area (Å²) in [5.41, 5.74) is -1.31. The Bertz CT molecular complexity index is 474. The Morgan fingerprint density at radius 2 is 1.95 bits per heavy atom. The van der Waals surface area contributed by atoms with E-state index in [0.29, 0.717) is 6.07 Å². The third-order valence-electron chi connectivity index (χ3n) is 2.11. The highest BCUT2D eigenvalue weighted by Crippen LogP contribution is 2.39. The Labute approximate surface area is 115 Å². The van der Waals surface area contributed by atoms with Gasteiger partial charge in [0.1, 0.15) is 5.75 Å². The third-order valence-corrected chi connectivity index (χ3v) is 2.77. The number of benzene rings is 1. The minimum atomic E-state index is -4.66. The molecule has 0 atom stereocenters. The molecule has 0 unspecified atom stereocenters. The van der Waals surface area contributed by atoms with Gasteiger partial charge in [-0.3, -0.25) is 0 Å². The van der Waals surface area contributed by atoms with Crippen LogP contribution in [0.2, 0.25) is 0 Å².